The summed E-state index contributed by atoms with van der Waals surface area (Å²) in [6, 6.07) is 8.26. The van der Waals surface area contributed by atoms with Crippen LogP contribution in [0.25, 0.3) is 0 Å². The molecule has 1 rings (SSSR count). The molecule has 0 aliphatic rings. The number of carbonyl (C=O) groups excluding carboxylic acids is 1. The molecule has 0 heterocycles. The number of ether oxygens (including phenoxy) is 1. The molecule has 2 nitrogen and oxygen atoms in total. The van der Waals surface area contributed by atoms with E-state index in [1.54, 1.807) is 0 Å². The van der Waals surface area contributed by atoms with E-state index >= 15 is 0 Å². The molecular formula is C13H18O2. The number of benzene rings is 1. The van der Waals surface area contributed by atoms with Crippen molar-refractivity contribution in [2.24, 2.45) is 0 Å². The molecule has 0 N–H and O–H groups in total. The van der Waals surface area contributed by atoms with Crippen LogP contribution < -0.4 is 0 Å². The first-order valence-electron chi connectivity index (χ1n) is 5.43. The maximum absolute atomic E-state index is 11.1. The maximum atomic E-state index is 11.1. The van der Waals surface area contributed by atoms with Gasteiger partial charge in [0.25, 0.3) is 0 Å². The summed E-state index contributed by atoms with van der Waals surface area (Å²) in [6.45, 7) is 4.52. The van der Waals surface area contributed by atoms with E-state index in [2.05, 4.69) is 25.1 Å². The van der Waals surface area contributed by atoms with Crippen LogP contribution in [-0.2, 0) is 16.0 Å². The lowest BCUT2D eigenvalue weighted by molar-refractivity contribution is -0.143. The van der Waals surface area contributed by atoms with E-state index in [1.807, 2.05) is 13.0 Å². The fourth-order valence-corrected chi connectivity index (χ4v) is 1.43. The van der Waals surface area contributed by atoms with Crippen LogP contribution in [0.15, 0.2) is 24.3 Å². The highest BCUT2D eigenvalue weighted by Gasteiger charge is 2.00. The molecule has 0 amide bonds. The number of esters is 1. The van der Waals surface area contributed by atoms with Crippen LogP contribution in [0.2, 0.25) is 0 Å². The summed E-state index contributed by atoms with van der Waals surface area (Å²) in [7, 11) is 0. The molecular weight excluding hydrogens is 188 g/mol. The van der Waals surface area contributed by atoms with Gasteiger partial charge in [0.05, 0.1) is 6.61 Å². The molecule has 0 spiro atoms. The Bertz CT molecular complexity index is 318. The summed E-state index contributed by atoms with van der Waals surface area (Å²) in [5, 5.41) is 0. The first-order chi connectivity index (χ1) is 7.22. The number of carbonyl (C=O) groups is 1. The number of hydrogen-bond donors (Lipinski definition) is 0. The molecule has 2 heteroatoms. The Balaban J connectivity index is 2.28. The molecule has 0 aromatic heterocycles. The third-order valence-corrected chi connectivity index (χ3v) is 2.19. The fraction of sp³-hybridized carbons (Fsp3) is 0.462. The van der Waals surface area contributed by atoms with Crippen LogP contribution in [-0.4, -0.2) is 12.6 Å². The zero-order chi connectivity index (χ0) is 11.1. The van der Waals surface area contributed by atoms with Crippen LogP contribution in [0, 0.1) is 6.92 Å². The van der Waals surface area contributed by atoms with E-state index < -0.39 is 0 Å². The van der Waals surface area contributed by atoms with Gasteiger partial charge >= 0.3 is 5.97 Å². The zero-order valence-electron chi connectivity index (χ0n) is 9.45. The van der Waals surface area contributed by atoms with Crippen LogP contribution >= 0.6 is 0 Å². The molecule has 0 bridgehead atoms. The predicted octanol–water partition coefficient (Wildman–Crippen LogP) is 2.88. The highest BCUT2D eigenvalue weighted by molar-refractivity contribution is 5.69. The molecule has 0 saturated carbocycles. The highest BCUT2D eigenvalue weighted by Crippen LogP contribution is 2.05. The van der Waals surface area contributed by atoms with Crippen molar-refractivity contribution in [1.82, 2.24) is 0 Å². The first kappa shape index (κ1) is 11.8. The third kappa shape index (κ3) is 4.63. The molecule has 0 atom stereocenters. The van der Waals surface area contributed by atoms with Crippen LogP contribution in [0.4, 0.5) is 0 Å². The minimum Gasteiger partial charge on any atom is -0.465 e. The topological polar surface area (TPSA) is 26.3 Å². The quantitative estimate of drug-likeness (QED) is 0.692. The van der Waals surface area contributed by atoms with Gasteiger partial charge in [-0.15, -0.1) is 0 Å². The van der Waals surface area contributed by atoms with E-state index in [0.717, 1.165) is 12.8 Å². The summed E-state index contributed by atoms with van der Waals surface area (Å²) in [6.07, 6.45) is 2.17. The molecule has 0 radical (unpaired) electrons. The van der Waals surface area contributed by atoms with Crippen molar-refractivity contribution in [3.05, 3.63) is 35.4 Å². The van der Waals surface area contributed by atoms with Crippen molar-refractivity contribution in [1.29, 1.82) is 0 Å². The lowest BCUT2D eigenvalue weighted by Crippen LogP contribution is -2.06. The lowest BCUT2D eigenvalue weighted by Gasteiger charge is -2.04. The summed E-state index contributed by atoms with van der Waals surface area (Å²) in [4.78, 5) is 11.1. The van der Waals surface area contributed by atoms with E-state index in [4.69, 9.17) is 4.74 Å². The molecule has 15 heavy (non-hydrogen) atoms. The smallest absolute Gasteiger partial charge is 0.305 e. The Morgan fingerprint density at radius 2 is 2.20 bits per heavy atom. The Hall–Kier alpha value is -1.31. The van der Waals surface area contributed by atoms with Crippen molar-refractivity contribution < 1.29 is 9.53 Å². The Morgan fingerprint density at radius 3 is 2.87 bits per heavy atom. The minimum atomic E-state index is -0.0925. The molecule has 1 aromatic carbocycles. The zero-order valence-corrected chi connectivity index (χ0v) is 9.45. The van der Waals surface area contributed by atoms with Crippen molar-refractivity contribution in [3.63, 3.8) is 0 Å². The van der Waals surface area contributed by atoms with E-state index in [-0.39, 0.29) is 5.97 Å². The van der Waals surface area contributed by atoms with Gasteiger partial charge < -0.3 is 4.74 Å². The first-order valence-corrected chi connectivity index (χ1v) is 5.43. The van der Waals surface area contributed by atoms with Gasteiger partial charge in [0, 0.05) is 12.8 Å². The second-order valence-electron chi connectivity index (χ2n) is 3.71. The van der Waals surface area contributed by atoms with E-state index in [9.17, 15) is 4.79 Å². The average molecular weight is 206 g/mol. The van der Waals surface area contributed by atoms with Gasteiger partial charge in [0.1, 0.15) is 0 Å². The van der Waals surface area contributed by atoms with Crippen molar-refractivity contribution in [3.8, 4) is 0 Å². The SMILES string of the molecule is CCCC(=O)OCCc1cccc(C)c1. The standard InChI is InChI=1S/C13H18O2/c1-3-5-13(14)15-9-8-12-7-4-6-11(2)10-12/h4,6-7,10H,3,5,8-9H2,1-2H3. The van der Waals surface area contributed by atoms with Crippen molar-refractivity contribution in [2.45, 2.75) is 33.1 Å². The minimum absolute atomic E-state index is 0.0925. The van der Waals surface area contributed by atoms with Crippen LogP contribution in [0.5, 0.6) is 0 Å². The van der Waals surface area contributed by atoms with Gasteiger partial charge in [-0.05, 0) is 18.9 Å². The van der Waals surface area contributed by atoms with Crippen molar-refractivity contribution >= 4 is 5.97 Å². The van der Waals surface area contributed by atoms with Gasteiger partial charge in [-0.1, -0.05) is 36.8 Å². The van der Waals surface area contributed by atoms with Gasteiger partial charge in [0.2, 0.25) is 0 Å². The van der Waals surface area contributed by atoms with Crippen LogP contribution in [0.1, 0.15) is 30.9 Å². The molecule has 0 unspecified atom stereocenters. The van der Waals surface area contributed by atoms with E-state index in [1.165, 1.54) is 11.1 Å². The molecule has 0 aliphatic heterocycles. The average Bonchev–Trinajstić information content (AvgIpc) is 2.18. The fourth-order valence-electron chi connectivity index (χ4n) is 1.43. The normalized spacial score (nSPS) is 10.0. The lowest BCUT2D eigenvalue weighted by atomic mass is 10.1. The monoisotopic (exact) mass is 206 g/mol. The maximum Gasteiger partial charge on any atom is 0.305 e. The van der Waals surface area contributed by atoms with Gasteiger partial charge in [-0.2, -0.15) is 0 Å². The van der Waals surface area contributed by atoms with Gasteiger partial charge in [0.15, 0.2) is 0 Å². The van der Waals surface area contributed by atoms with Gasteiger partial charge in [-0.25, -0.2) is 0 Å². The Morgan fingerprint density at radius 1 is 1.40 bits per heavy atom. The Kier molecular flexibility index (Phi) is 4.88. The summed E-state index contributed by atoms with van der Waals surface area (Å²) >= 11 is 0. The second kappa shape index (κ2) is 6.23. The number of hydrogen-bond acceptors (Lipinski definition) is 2. The summed E-state index contributed by atoms with van der Waals surface area (Å²) in [5.74, 6) is -0.0925. The summed E-state index contributed by atoms with van der Waals surface area (Å²) in [5.41, 5.74) is 2.46. The Labute approximate surface area is 91.3 Å². The largest absolute Gasteiger partial charge is 0.465 e. The molecule has 1 aromatic rings. The molecule has 82 valence electrons. The highest BCUT2D eigenvalue weighted by atomic mass is 16.5. The van der Waals surface area contributed by atoms with Crippen LogP contribution in [0.3, 0.4) is 0 Å². The molecule has 0 fully saturated rings. The van der Waals surface area contributed by atoms with Gasteiger partial charge in [-0.3, -0.25) is 4.79 Å². The summed E-state index contributed by atoms with van der Waals surface area (Å²) < 4.78 is 5.09. The predicted molar refractivity (Wildman–Crippen MR) is 60.8 cm³/mol. The number of aryl methyl sites for hydroxylation is 1. The molecule has 0 saturated heterocycles. The number of rotatable bonds is 5. The molecule has 0 aliphatic carbocycles. The third-order valence-electron chi connectivity index (χ3n) is 2.19. The van der Waals surface area contributed by atoms with E-state index in [0.29, 0.717) is 13.0 Å². The second-order valence-corrected chi connectivity index (χ2v) is 3.71. The van der Waals surface area contributed by atoms with Crippen molar-refractivity contribution in [2.75, 3.05) is 6.61 Å².